The van der Waals surface area contributed by atoms with Crippen LogP contribution in [0.15, 0.2) is 47.5 Å². The molecule has 0 atom stereocenters. The van der Waals surface area contributed by atoms with Gasteiger partial charge in [-0.1, -0.05) is 18.2 Å². The second-order valence-corrected chi connectivity index (χ2v) is 10.00. The van der Waals surface area contributed by atoms with Crippen molar-refractivity contribution in [1.82, 2.24) is 9.55 Å². The molecule has 0 saturated carbocycles. The first-order valence-electron chi connectivity index (χ1n) is 10.1. The fourth-order valence-corrected chi connectivity index (χ4v) is 6.37. The molecular formula is C23H24N2O4S2. The number of aryl methyl sites for hydroxylation is 2. The number of aromatic nitrogens is 2. The molecule has 1 aromatic heterocycles. The van der Waals surface area contributed by atoms with Crippen LogP contribution in [0, 0.1) is 6.92 Å². The van der Waals surface area contributed by atoms with Crippen molar-refractivity contribution in [2.75, 3.05) is 18.6 Å². The number of para-hydroxylation sites is 1. The van der Waals surface area contributed by atoms with Gasteiger partial charge >= 0.3 is 5.97 Å². The molecule has 162 valence electrons. The molecule has 31 heavy (non-hydrogen) atoms. The maximum Gasteiger partial charge on any atom is 0.311 e. The molecule has 1 aliphatic heterocycles. The van der Waals surface area contributed by atoms with Crippen molar-refractivity contribution < 1.29 is 14.3 Å². The van der Waals surface area contributed by atoms with Gasteiger partial charge in [0.25, 0.3) is 5.56 Å². The van der Waals surface area contributed by atoms with Crippen molar-refractivity contribution in [2.24, 2.45) is 0 Å². The summed E-state index contributed by atoms with van der Waals surface area (Å²) in [6, 6.07) is 11.3. The summed E-state index contributed by atoms with van der Waals surface area (Å²) in [7, 11) is 1.58. The van der Waals surface area contributed by atoms with E-state index in [4.69, 9.17) is 9.47 Å². The smallest absolute Gasteiger partial charge is 0.311 e. The lowest BCUT2D eigenvalue weighted by atomic mass is 10.1. The molecule has 0 aliphatic carbocycles. The van der Waals surface area contributed by atoms with E-state index in [1.54, 1.807) is 30.1 Å². The average Bonchev–Trinajstić information content (AvgIpc) is 3.31. The van der Waals surface area contributed by atoms with Crippen LogP contribution in [-0.4, -0.2) is 34.1 Å². The summed E-state index contributed by atoms with van der Waals surface area (Å²) in [5, 5.41) is 0.591. The van der Waals surface area contributed by atoms with Gasteiger partial charge in [-0.3, -0.25) is 14.2 Å². The predicted molar refractivity (Wildman–Crippen MR) is 126 cm³/mol. The number of hydrogen-bond donors (Lipinski definition) is 0. The van der Waals surface area contributed by atoms with E-state index in [1.165, 1.54) is 5.56 Å². The Morgan fingerprint density at radius 1 is 1.19 bits per heavy atom. The van der Waals surface area contributed by atoms with Gasteiger partial charge in [0.2, 0.25) is 0 Å². The summed E-state index contributed by atoms with van der Waals surface area (Å²) in [5.74, 6) is 2.91. The van der Waals surface area contributed by atoms with E-state index in [-0.39, 0.29) is 17.9 Å². The number of esters is 1. The van der Waals surface area contributed by atoms with E-state index in [0.29, 0.717) is 39.9 Å². The Morgan fingerprint density at radius 2 is 2.00 bits per heavy atom. The van der Waals surface area contributed by atoms with Crippen molar-refractivity contribution in [3.05, 3.63) is 64.2 Å². The van der Waals surface area contributed by atoms with Gasteiger partial charge < -0.3 is 9.47 Å². The highest BCUT2D eigenvalue weighted by Crippen LogP contribution is 2.46. The normalized spacial score (nSPS) is 14.1. The first kappa shape index (κ1) is 21.8. The molecule has 1 aliphatic rings. The third-order valence-electron chi connectivity index (χ3n) is 5.14. The van der Waals surface area contributed by atoms with Gasteiger partial charge in [-0.2, -0.15) is 0 Å². The maximum atomic E-state index is 12.7. The highest BCUT2D eigenvalue weighted by Gasteiger charge is 2.20. The first-order chi connectivity index (χ1) is 15.1. The third kappa shape index (κ3) is 4.91. The summed E-state index contributed by atoms with van der Waals surface area (Å²) in [5.41, 5.74) is 2.76. The minimum Gasteiger partial charge on any atom is -0.493 e. The number of carbonyl (C=O) groups is 1. The van der Waals surface area contributed by atoms with Crippen LogP contribution in [0.2, 0.25) is 0 Å². The van der Waals surface area contributed by atoms with Crippen molar-refractivity contribution in [1.29, 1.82) is 0 Å². The van der Waals surface area contributed by atoms with Gasteiger partial charge in [-0.25, -0.2) is 4.98 Å². The van der Waals surface area contributed by atoms with Gasteiger partial charge in [0.05, 0.1) is 28.9 Å². The Bertz CT molecular complexity index is 1160. The van der Waals surface area contributed by atoms with Crippen LogP contribution in [0.25, 0.3) is 10.9 Å². The number of hydrogen-bond acceptors (Lipinski definition) is 7. The summed E-state index contributed by atoms with van der Waals surface area (Å²) in [4.78, 5) is 29.4. The van der Waals surface area contributed by atoms with Crippen molar-refractivity contribution in [3.8, 4) is 11.5 Å². The van der Waals surface area contributed by atoms with Gasteiger partial charge in [0.15, 0.2) is 11.5 Å². The van der Waals surface area contributed by atoms with Gasteiger partial charge in [0.1, 0.15) is 0 Å². The second kappa shape index (κ2) is 9.78. The topological polar surface area (TPSA) is 70.4 Å². The minimum atomic E-state index is -0.353. The Hall–Kier alpha value is -2.45. The molecule has 3 aromatic rings. The van der Waals surface area contributed by atoms with Crippen LogP contribution in [0.1, 0.15) is 28.6 Å². The minimum absolute atomic E-state index is 0.0954. The summed E-state index contributed by atoms with van der Waals surface area (Å²) in [6.45, 7) is 2.33. The molecule has 0 spiro atoms. The fraction of sp³-hybridized carbons (Fsp3) is 0.348. The average molecular weight is 457 g/mol. The largest absolute Gasteiger partial charge is 0.493 e. The van der Waals surface area contributed by atoms with Crippen LogP contribution in [0.5, 0.6) is 11.5 Å². The van der Waals surface area contributed by atoms with E-state index in [2.05, 4.69) is 4.98 Å². The highest BCUT2D eigenvalue weighted by molar-refractivity contribution is 8.19. The highest BCUT2D eigenvalue weighted by atomic mass is 32.2. The molecule has 0 N–H and O–H groups in total. The van der Waals surface area contributed by atoms with Gasteiger partial charge in [0, 0.05) is 24.5 Å². The Kier molecular flexibility index (Phi) is 6.87. The third-order valence-corrected chi connectivity index (χ3v) is 8.24. The Morgan fingerprint density at radius 3 is 2.77 bits per heavy atom. The molecule has 2 aromatic carbocycles. The Labute approximate surface area is 189 Å². The maximum absolute atomic E-state index is 12.7. The number of rotatable bonds is 7. The fourth-order valence-electron chi connectivity index (χ4n) is 3.53. The molecule has 0 radical (unpaired) electrons. The number of fused-ring (bicyclic) bond motifs is 1. The van der Waals surface area contributed by atoms with Crippen molar-refractivity contribution in [3.63, 3.8) is 0 Å². The van der Waals surface area contributed by atoms with Crippen LogP contribution >= 0.6 is 23.5 Å². The number of benzene rings is 2. The molecule has 8 heteroatoms. The molecule has 2 heterocycles. The molecule has 0 bridgehead atoms. The second-order valence-electron chi connectivity index (χ2n) is 7.28. The zero-order valence-electron chi connectivity index (χ0n) is 17.5. The molecule has 6 nitrogen and oxygen atoms in total. The molecule has 4 rings (SSSR count). The lowest BCUT2D eigenvalue weighted by Crippen LogP contribution is -2.21. The number of nitrogens with zero attached hydrogens (tertiary/aromatic N) is 2. The van der Waals surface area contributed by atoms with E-state index in [1.807, 2.05) is 54.7 Å². The SMILES string of the molecule is COc1cc(C2SCCS2)ccc1OC(=O)CCCn1cnc2c(C)cccc2c1=O. The van der Waals surface area contributed by atoms with Crippen LogP contribution in [0.4, 0.5) is 0 Å². The van der Waals surface area contributed by atoms with Crippen molar-refractivity contribution >= 4 is 40.4 Å². The first-order valence-corrected chi connectivity index (χ1v) is 12.2. The summed E-state index contributed by atoms with van der Waals surface area (Å²) >= 11 is 3.83. The molecule has 1 fully saturated rings. The van der Waals surface area contributed by atoms with Crippen LogP contribution in [0.3, 0.4) is 0 Å². The number of ether oxygens (including phenoxy) is 2. The predicted octanol–water partition coefficient (Wildman–Crippen LogP) is 4.58. The van der Waals surface area contributed by atoms with E-state index >= 15 is 0 Å². The van der Waals surface area contributed by atoms with Crippen molar-refractivity contribution in [2.45, 2.75) is 30.9 Å². The monoisotopic (exact) mass is 456 g/mol. The lowest BCUT2D eigenvalue weighted by molar-refractivity contribution is -0.134. The number of methoxy groups -OCH3 is 1. The van der Waals surface area contributed by atoms with Gasteiger partial charge in [-0.05, 0) is 42.7 Å². The van der Waals surface area contributed by atoms with Crippen LogP contribution < -0.4 is 15.0 Å². The molecule has 0 amide bonds. The molecule has 1 saturated heterocycles. The summed E-state index contributed by atoms with van der Waals surface area (Å²) in [6.07, 6.45) is 2.22. The van der Waals surface area contributed by atoms with E-state index in [0.717, 1.165) is 17.1 Å². The molecule has 0 unspecified atom stereocenters. The number of carbonyl (C=O) groups excluding carboxylic acids is 1. The van der Waals surface area contributed by atoms with E-state index < -0.39 is 0 Å². The zero-order valence-corrected chi connectivity index (χ0v) is 19.1. The Balaban J connectivity index is 1.37. The zero-order chi connectivity index (χ0) is 21.8. The van der Waals surface area contributed by atoms with E-state index in [9.17, 15) is 9.59 Å². The quantitative estimate of drug-likeness (QED) is 0.381. The number of thioether (sulfide) groups is 2. The van der Waals surface area contributed by atoms with Crippen LogP contribution in [-0.2, 0) is 11.3 Å². The van der Waals surface area contributed by atoms with Gasteiger partial charge in [-0.15, -0.1) is 23.5 Å². The molecular weight excluding hydrogens is 432 g/mol. The standard InChI is InChI=1S/C23H24N2O4S2/c1-15-5-3-6-17-21(15)24-14-25(22(17)27)10-4-7-20(26)29-18-9-8-16(13-19(18)28-2)23-30-11-12-31-23/h3,5-6,8-9,13-14,23H,4,7,10-12H2,1-2H3. The lowest BCUT2D eigenvalue weighted by Gasteiger charge is -2.14. The summed E-state index contributed by atoms with van der Waals surface area (Å²) < 4.78 is 12.9.